The Morgan fingerprint density at radius 1 is 1.19 bits per heavy atom. The molecule has 1 amide bonds. The first-order chi connectivity index (χ1) is 12.0. The standard InChI is InChI=1S/C18H27NO7/c1-6-18(24-5,15(21)22)25-13-9-7-12(8-10-13)14(20)11-19-16(23)26-17(2,3)4/h7-10,14,20H,6,11H2,1-5H3,(H,19,23)(H,21,22). The van der Waals surface area contributed by atoms with Crippen LogP contribution in [0.4, 0.5) is 4.79 Å². The van der Waals surface area contributed by atoms with Gasteiger partial charge in [0.25, 0.3) is 0 Å². The molecule has 0 radical (unpaired) electrons. The van der Waals surface area contributed by atoms with E-state index < -0.39 is 29.6 Å². The van der Waals surface area contributed by atoms with Crippen LogP contribution in [0.5, 0.6) is 5.75 Å². The van der Waals surface area contributed by atoms with Crippen molar-refractivity contribution in [1.82, 2.24) is 5.32 Å². The number of amides is 1. The first-order valence-electron chi connectivity index (χ1n) is 8.25. The van der Waals surface area contributed by atoms with Crippen LogP contribution in [0.2, 0.25) is 0 Å². The fraction of sp³-hybridized carbons (Fsp3) is 0.556. The smallest absolute Gasteiger partial charge is 0.407 e. The van der Waals surface area contributed by atoms with Gasteiger partial charge in [0, 0.05) is 13.5 Å². The molecular formula is C18H27NO7. The van der Waals surface area contributed by atoms with Gasteiger partial charge in [-0.2, -0.15) is 0 Å². The molecular weight excluding hydrogens is 342 g/mol. The molecule has 1 rings (SSSR count). The molecule has 2 atom stereocenters. The molecule has 0 saturated carbocycles. The van der Waals surface area contributed by atoms with Crippen LogP contribution in [0, 0.1) is 0 Å². The number of aliphatic carboxylic acids is 1. The van der Waals surface area contributed by atoms with E-state index in [4.69, 9.17) is 14.2 Å². The summed E-state index contributed by atoms with van der Waals surface area (Å²) in [4.78, 5) is 23.0. The molecule has 8 heteroatoms. The summed E-state index contributed by atoms with van der Waals surface area (Å²) in [6.45, 7) is 6.85. The van der Waals surface area contributed by atoms with Gasteiger partial charge in [0.05, 0.1) is 12.6 Å². The fourth-order valence-electron chi connectivity index (χ4n) is 2.10. The molecule has 0 aromatic heterocycles. The van der Waals surface area contributed by atoms with Gasteiger partial charge in [-0.05, 0) is 38.5 Å². The van der Waals surface area contributed by atoms with E-state index in [9.17, 15) is 19.8 Å². The average Bonchev–Trinajstić information content (AvgIpc) is 2.56. The van der Waals surface area contributed by atoms with Crippen molar-refractivity contribution in [1.29, 1.82) is 0 Å². The third-order valence-corrected chi connectivity index (χ3v) is 3.51. The second kappa shape index (κ2) is 8.86. The molecule has 0 bridgehead atoms. The van der Waals surface area contributed by atoms with E-state index in [-0.39, 0.29) is 18.7 Å². The molecule has 0 fully saturated rings. The molecule has 0 heterocycles. The molecule has 0 aliphatic rings. The summed E-state index contributed by atoms with van der Waals surface area (Å²) < 4.78 is 15.6. The second-order valence-electron chi connectivity index (χ2n) is 6.69. The Labute approximate surface area is 153 Å². The summed E-state index contributed by atoms with van der Waals surface area (Å²) >= 11 is 0. The Bertz CT molecular complexity index is 603. The van der Waals surface area contributed by atoms with E-state index in [2.05, 4.69) is 5.32 Å². The largest absolute Gasteiger partial charge is 0.476 e. The summed E-state index contributed by atoms with van der Waals surface area (Å²) in [5.74, 6) is -2.71. The zero-order valence-corrected chi connectivity index (χ0v) is 15.7. The van der Waals surface area contributed by atoms with E-state index in [0.29, 0.717) is 5.56 Å². The molecule has 26 heavy (non-hydrogen) atoms. The maximum absolute atomic E-state index is 11.6. The first kappa shape index (κ1) is 21.7. The van der Waals surface area contributed by atoms with Crippen LogP contribution < -0.4 is 10.1 Å². The van der Waals surface area contributed by atoms with Crippen molar-refractivity contribution in [2.45, 2.75) is 51.6 Å². The lowest BCUT2D eigenvalue weighted by atomic mass is 10.1. The zero-order valence-electron chi connectivity index (χ0n) is 15.7. The molecule has 1 aromatic rings. The number of aliphatic hydroxyl groups is 1. The van der Waals surface area contributed by atoms with Crippen LogP contribution in [0.25, 0.3) is 0 Å². The Morgan fingerprint density at radius 2 is 1.77 bits per heavy atom. The highest BCUT2D eigenvalue weighted by Gasteiger charge is 2.39. The first-order valence-corrected chi connectivity index (χ1v) is 8.25. The van der Waals surface area contributed by atoms with Crippen LogP contribution in [0.15, 0.2) is 24.3 Å². The minimum atomic E-state index is -1.77. The summed E-state index contributed by atoms with van der Waals surface area (Å²) in [5, 5.41) is 21.9. The van der Waals surface area contributed by atoms with E-state index >= 15 is 0 Å². The van der Waals surface area contributed by atoms with Crippen LogP contribution in [0.3, 0.4) is 0 Å². The lowest BCUT2D eigenvalue weighted by Gasteiger charge is -2.27. The number of aliphatic hydroxyl groups excluding tert-OH is 1. The second-order valence-corrected chi connectivity index (χ2v) is 6.69. The molecule has 0 spiro atoms. The van der Waals surface area contributed by atoms with Crippen molar-refractivity contribution in [3.63, 3.8) is 0 Å². The Hall–Kier alpha value is -2.32. The number of hydrogen-bond donors (Lipinski definition) is 3. The number of carbonyl (C=O) groups excluding carboxylic acids is 1. The number of hydrogen-bond acceptors (Lipinski definition) is 6. The number of benzene rings is 1. The highest BCUT2D eigenvalue weighted by atomic mass is 16.7. The summed E-state index contributed by atoms with van der Waals surface area (Å²) in [5.41, 5.74) is -0.0890. The van der Waals surface area contributed by atoms with Gasteiger partial charge in [-0.1, -0.05) is 19.1 Å². The Morgan fingerprint density at radius 3 is 2.19 bits per heavy atom. The molecule has 146 valence electrons. The average molecular weight is 369 g/mol. The van der Waals surface area contributed by atoms with Crippen molar-refractivity contribution < 1.29 is 34.0 Å². The van der Waals surface area contributed by atoms with Gasteiger partial charge in [-0.25, -0.2) is 9.59 Å². The van der Waals surface area contributed by atoms with Crippen molar-refractivity contribution >= 4 is 12.1 Å². The van der Waals surface area contributed by atoms with Crippen molar-refractivity contribution in [2.24, 2.45) is 0 Å². The zero-order chi connectivity index (χ0) is 20.0. The molecule has 8 nitrogen and oxygen atoms in total. The minimum Gasteiger partial charge on any atom is -0.476 e. The van der Waals surface area contributed by atoms with E-state index in [1.165, 1.54) is 19.2 Å². The Kier molecular flexibility index (Phi) is 7.41. The van der Waals surface area contributed by atoms with Gasteiger partial charge < -0.3 is 29.7 Å². The lowest BCUT2D eigenvalue weighted by Crippen LogP contribution is -2.45. The van der Waals surface area contributed by atoms with Gasteiger partial charge in [0.15, 0.2) is 0 Å². The molecule has 0 aliphatic heterocycles. The SMILES string of the molecule is CCC(OC)(Oc1ccc(C(O)CNC(=O)OC(C)(C)C)cc1)C(=O)O. The van der Waals surface area contributed by atoms with Crippen LogP contribution >= 0.6 is 0 Å². The summed E-state index contributed by atoms with van der Waals surface area (Å²) in [6.07, 6.45) is -1.46. The van der Waals surface area contributed by atoms with Crippen LogP contribution in [0.1, 0.15) is 45.8 Å². The number of alkyl carbamates (subject to hydrolysis) is 1. The lowest BCUT2D eigenvalue weighted by molar-refractivity contribution is -0.204. The minimum absolute atomic E-state index is 0.0266. The van der Waals surface area contributed by atoms with E-state index in [1.807, 2.05) is 0 Å². The van der Waals surface area contributed by atoms with Crippen LogP contribution in [-0.4, -0.2) is 47.3 Å². The van der Waals surface area contributed by atoms with Crippen LogP contribution in [-0.2, 0) is 14.3 Å². The van der Waals surface area contributed by atoms with Gasteiger partial charge in [-0.3, -0.25) is 0 Å². The maximum atomic E-state index is 11.6. The summed E-state index contributed by atoms with van der Waals surface area (Å²) in [6, 6.07) is 6.21. The number of rotatable bonds is 8. The third kappa shape index (κ3) is 6.20. The Balaban J connectivity index is 2.69. The van der Waals surface area contributed by atoms with Gasteiger partial charge in [0.1, 0.15) is 11.4 Å². The molecule has 3 N–H and O–H groups in total. The highest BCUT2D eigenvalue weighted by molar-refractivity contribution is 5.76. The van der Waals surface area contributed by atoms with Crippen molar-refractivity contribution in [3.05, 3.63) is 29.8 Å². The highest BCUT2D eigenvalue weighted by Crippen LogP contribution is 2.24. The van der Waals surface area contributed by atoms with Crippen molar-refractivity contribution in [3.8, 4) is 5.75 Å². The van der Waals surface area contributed by atoms with Gasteiger partial charge >= 0.3 is 17.8 Å². The van der Waals surface area contributed by atoms with Gasteiger partial charge in [0.2, 0.25) is 0 Å². The van der Waals surface area contributed by atoms with Gasteiger partial charge in [-0.15, -0.1) is 0 Å². The third-order valence-electron chi connectivity index (χ3n) is 3.51. The summed E-state index contributed by atoms with van der Waals surface area (Å²) in [7, 11) is 1.26. The number of nitrogens with one attached hydrogen (secondary N) is 1. The van der Waals surface area contributed by atoms with E-state index in [0.717, 1.165) is 0 Å². The predicted molar refractivity (Wildman–Crippen MR) is 93.9 cm³/mol. The number of ether oxygens (including phenoxy) is 3. The molecule has 0 aliphatic carbocycles. The monoisotopic (exact) mass is 369 g/mol. The topological polar surface area (TPSA) is 114 Å². The molecule has 1 aromatic carbocycles. The molecule has 2 unspecified atom stereocenters. The van der Waals surface area contributed by atoms with E-state index in [1.54, 1.807) is 39.8 Å². The maximum Gasteiger partial charge on any atom is 0.407 e. The molecule has 0 saturated heterocycles. The predicted octanol–water partition coefficient (Wildman–Crippen LogP) is 2.46. The quantitative estimate of drug-likeness (QED) is 0.603. The number of carboxylic acid groups (broad SMARTS) is 1. The van der Waals surface area contributed by atoms with Crippen molar-refractivity contribution in [2.75, 3.05) is 13.7 Å². The normalized spacial score (nSPS) is 14.8. The number of carboxylic acids is 1. The fourth-order valence-corrected chi connectivity index (χ4v) is 2.10. The number of methoxy groups -OCH3 is 1. The number of carbonyl (C=O) groups is 2.